The minimum absolute atomic E-state index is 0.0129. The van der Waals surface area contributed by atoms with Gasteiger partial charge in [-0.15, -0.1) is 0 Å². The highest BCUT2D eigenvalue weighted by atomic mass is 35.5. The van der Waals surface area contributed by atoms with E-state index in [0.717, 1.165) is 5.56 Å². The molecule has 0 saturated carbocycles. The highest BCUT2D eigenvalue weighted by molar-refractivity contribution is 7.89. The summed E-state index contributed by atoms with van der Waals surface area (Å²) in [5.41, 5.74) is 0.730. The first-order chi connectivity index (χ1) is 11.9. The molecule has 6 nitrogen and oxygen atoms in total. The summed E-state index contributed by atoms with van der Waals surface area (Å²) in [4.78, 5) is -0.0129. The molecule has 0 aliphatic heterocycles. The third-order valence-electron chi connectivity index (χ3n) is 3.41. The summed E-state index contributed by atoms with van der Waals surface area (Å²) < 4.78 is 43.5. The molecule has 25 heavy (non-hydrogen) atoms. The second-order valence-corrected chi connectivity index (χ2v) is 7.21. The number of hydrogen-bond donors (Lipinski definition) is 1. The zero-order valence-electron chi connectivity index (χ0n) is 14.2. The Morgan fingerprint density at radius 2 is 1.68 bits per heavy atom. The maximum Gasteiger partial charge on any atom is 0.244 e. The van der Waals surface area contributed by atoms with Crippen LogP contribution in [-0.2, 0) is 16.6 Å². The molecule has 1 N–H and O–H groups in total. The average molecular weight is 386 g/mol. The minimum atomic E-state index is -3.80. The molecule has 2 aromatic carbocycles. The summed E-state index contributed by atoms with van der Waals surface area (Å²) in [6.07, 6.45) is 0. The normalized spacial score (nSPS) is 11.2. The largest absolute Gasteiger partial charge is 0.495 e. The first-order valence-corrected chi connectivity index (χ1v) is 9.40. The molecule has 0 aromatic heterocycles. The molecule has 0 aliphatic rings. The van der Waals surface area contributed by atoms with Crippen LogP contribution >= 0.6 is 11.6 Å². The van der Waals surface area contributed by atoms with Crippen LogP contribution in [0.4, 0.5) is 0 Å². The number of sulfonamides is 1. The van der Waals surface area contributed by atoms with E-state index in [1.165, 1.54) is 19.2 Å². The van der Waals surface area contributed by atoms with E-state index in [1.807, 2.05) is 6.92 Å². The summed E-state index contributed by atoms with van der Waals surface area (Å²) in [6.45, 7) is 2.42. The zero-order valence-corrected chi connectivity index (χ0v) is 15.8. The van der Waals surface area contributed by atoms with Gasteiger partial charge in [0.1, 0.15) is 10.6 Å². The van der Waals surface area contributed by atoms with Gasteiger partial charge in [-0.25, -0.2) is 13.1 Å². The van der Waals surface area contributed by atoms with Crippen LogP contribution in [0.15, 0.2) is 41.3 Å². The predicted octanol–water partition coefficient (Wildman–Crippen LogP) is 3.23. The molecule has 0 saturated heterocycles. The Balaban J connectivity index is 2.23. The predicted molar refractivity (Wildman–Crippen MR) is 96.2 cm³/mol. The second kappa shape index (κ2) is 8.42. The molecule has 0 radical (unpaired) electrons. The lowest BCUT2D eigenvalue weighted by Crippen LogP contribution is -2.23. The average Bonchev–Trinajstić information content (AvgIpc) is 2.60. The van der Waals surface area contributed by atoms with Crippen molar-refractivity contribution in [2.45, 2.75) is 18.4 Å². The quantitative estimate of drug-likeness (QED) is 0.755. The molecule has 2 aromatic rings. The summed E-state index contributed by atoms with van der Waals surface area (Å²) in [5, 5.41) is 0.309. The van der Waals surface area contributed by atoms with Crippen molar-refractivity contribution in [1.82, 2.24) is 4.72 Å². The number of methoxy groups -OCH3 is 2. The van der Waals surface area contributed by atoms with E-state index in [-0.39, 0.29) is 17.2 Å². The van der Waals surface area contributed by atoms with Crippen molar-refractivity contribution in [2.75, 3.05) is 20.8 Å². The van der Waals surface area contributed by atoms with Gasteiger partial charge in [-0.05, 0) is 42.8 Å². The van der Waals surface area contributed by atoms with Crippen LogP contribution in [0.2, 0.25) is 5.02 Å². The van der Waals surface area contributed by atoms with Crippen molar-refractivity contribution < 1.29 is 22.6 Å². The Hall–Kier alpha value is -1.96. The SMILES string of the molecule is CCOc1cc(CNS(=O)(=O)c2cc(Cl)ccc2OC)ccc1OC. The summed E-state index contributed by atoms with van der Waals surface area (Å²) in [6, 6.07) is 9.66. The maximum atomic E-state index is 12.6. The summed E-state index contributed by atoms with van der Waals surface area (Å²) in [5.74, 6) is 1.37. The Morgan fingerprint density at radius 1 is 1.00 bits per heavy atom. The van der Waals surface area contributed by atoms with Gasteiger partial charge in [-0.1, -0.05) is 17.7 Å². The third kappa shape index (κ3) is 4.78. The smallest absolute Gasteiger partial charge is 0.244 e. The highest BCUT2D eigenvalue weighted by Gasteiger charge is 2.20. The van der Waals surface area contributed by atoms with Gasteiger partial charge < -0.3 is 14.2 Å². The second-order valence-electron chi connectivity index (χ2n) is 5.04. The number of halogens is 1. The van der Waals surface area contributed by atoms with Crippen LogP contribution in [0.1, 0.15) is 12.5 Å². The van der Waals surface area contributed by atoms with Gasteiger partial charge in [0.15, 0.2) is 11.5 Å². The zero-order chi connectivity index (χ0) is 18.4. The molecule has 0 unspecified atom stereocenters. The van der Waals surface area contributed by atoms with Crippen molar-refractivity contribution in [3.05, 3.63) is 47.0 Å². The summed E-state index contributed by atoms with van der Waals surface area (Å²) in [7, 11) is -0.846. The highest BCUT2D eigenvalue weighted by Crippen LogP contribution is 2.29. The first-order valence-electron chi connectivity index (χ1n) is 7.54. The van der Waals surface area contributed by atoms with Crippen molar-refractivity contribution in [1.29, 1.82) is 0 Å². The number of rotatable bonds is 8. The van der Waals surface area contributed by atoms with Crippen LogP contribution in [0, 0.1) is 0 Å². The standard InChI is InChI=1S/C17H20ClNO5S/c1-4-24-16-9-12(5-7-14(16)22-2)11-19-25(20,21)17-10-13(18)6-8-15(17)23-3/h5-10,19H,4,11H2,1-3H3. The van der Waals surface area contributed by atoms with Crippen LogP contribution in [0.3, 0.4) is 0 Å². The van der Waals surface area contributed by atoms with Crippen molar-refractivity contribution in [3.8, 4) is 17.2 Å². The van der Waals surface area contributed by atoms with E-state index in [2.05, 4.69) is 4.72 Å². The molecule has 0 bridgehead atoms. The maximum absolute atomic E-state index is 12.6. The van der Waals surface area contributed by atoms with E-state index >= 15 is 0 Å². The van der Waals surface area contributed by atoms with E-state index in [1.54, 1.807) is 31.4 Å². The van der Waals surface area contributed by atoms with Gasteiger partial charge in [0.25, 0.3) is 0 Å². The van der Waals surface area contributed by atoms with E-state index in [0.29, 0.717) is 23.1 Å². The topological polar surface area (TPSA) is 73.9 Å². The van der Waals surface area contributed by atoms with Crippen LogP contribution < -0.4 is 18.9 Å². The van der Waals surface area contributed by atoms with E-state index in [9.17, 15) is 8.42 Å². The monoisotopic (exact) mass is 385 g/mol. The van der Waals surface area contributed by atoms with Crippen molar-refractivity contribution >= 4 is 21.6 Å². The molecule has 8 heteroatoms. The molecular formula is C17H20ClNO5S. The Kier molecular flexibility index (Phi) is 6.52. The van der Waals surface area contributed by atoms with Gasteiger partial charge >= 0.3 is 0 Å². The lowest BCUT2D eigenvalue weighted by molar-refractivity contribution is 0.310. The lowest BCUT2D eigenvalue weighted by Gasteiger charge is -2.13. The first kappa shape index (κ1) is 19.4. The van der Waals surface area contributed by atoms with Crippen LogP contribution in [0.25, 0.3) is 0 Å². The molecule has 0 aliphatic carbocycles. The fourth-order valence-electron chi connectivity index (χ4n) is 2.22. The molecule has 136 valence electrons. The molecule has 0 fully saturated rings. The molecule has 0 amide bonds. The molecule has 2 rings (SSSR count). The van der Waals surface area contributed by atoms with Gasteiger partial charge in [-0.2, -0.15) is 0 Å². The lowest BCUT2D eigenvalue weighted by atomic mass is 10.2. The fraction of sp³-hybridized carbons (Fsp3) is 0.294. The van der Waals surface area contributed by atoms with E-state index in [4.69, 9.17) is 25.8 Å². The van der Waals surface area contributed by atoms with Gasteiger partial charge in [0.2, 0.25) is 10.0 Å². The van der Waals surface area contributed by atoms with Gasteiger partial charge in [-0.3, -0.25) is 0 Å². The Bertz CT molecular complexity index is 839. The van der Waals surface area contributed by atoms with Gasteiger partial charge in [0.05, 0.1) is 20.8 Å². The van der Waals surface area contributed by atoms with Crippen molar-refractivity contribution in [2.24, 2.45) is 0 Å². The fourth-order valence-corrected chi connectivity index (χ4v) is 3.66. The number of benzene rings is 2. The Labute approximate surface area is 152 Å². The minimum Gasteiger partial charge on any atom is -0.495 e. The molecule has 0 atom stereocenters. The number of nitrogens with one attached hydrogen (secondary N) is 1. The van der Waals surface area contributed by atoms with E-state index < -0.39 is 10.0 Å². The number of hydrogen-bond acceptors (Lipinski definition) is 5. The van der Waals surface area contributed by atoms with Crippen LogP contribution in [0.5, 0.6) is 17.2 Å². The van der Waals surface area contributed by atoms with Gasteiger partial charge in [0, 0.05) is 11.6 Å². The number of ether oxygens (including phenoxy) is 3. The van der Waals surface area contributed by atoms with Crippen LogP contribution in [-0.4, -0.2) is 29.2 Å². The van der Waals surface area contributed by atoms with Crippen molar-refractivity contribution in [3.63, 3.8) is 0 Å². The third-order valence-corrected chi connectivity index (χ3v) is 5.07. The molecular weight excluding hydrogens is 366 g/mol. The molecule has 0 spiro atoms. The molecule has 0 heterocycles. The summed E-state index contributed by atoms with van der Waals surface area (Å²) >= 11 is 5.91. The Morgan fingerprint density at radius 3 is 2.32 bits per heavy atom.